The first-order valence-electron chi connectivity index (χ1n) is 8.77. The third-order valence-corrected chi connectivity index (χ3v) is 6.03. The molecular weight excluding hydrogens is 478 g/mol. The smallest absolute Gasteiger partial charge is 0.234 e. The number of halogens is 3. The van der Waals surface area contributed by atoms with E-state index in [0.29, 0.717) is 22.6 Å². The van der Waals surface area contributed by atoms with E-state index in [1.807, 2.05) is 35.6 Å². The fraction of sp³-hybridized carbons (Fsp3) is 0.150. The second-order valence-corrected chi connectivity index (χ2v) is 8.26. The molecule has 0 aliphatic heterocycles. The number of pyridine rings is 1. The minimum absolute atomic E-state index is 0.0383. The van der Waals surface area contributed by atoms with Crippen LogP contribution >= 0.6 is 27.7 Å². The zero-order valence-corrected chi connectivity index (χ0v) is 18.3. The number of methoxy groups -OCH3 is 1. The largest absolute Gasteiger partial charge is 0.497 e. The fourth-order valence-electron chi connectivity index (χ4n) is 3.09. The van der Waals surface area contributed by atoms with Crippen molar-refractivity contribution < 1.29 is 18.3 Å². The normalized spacial score (nSPS) is 11.2. The molecule has 2 aromatic heterocycles. The number of benzene rings is 2. The van der Waals surface area contributed by atoms with Gasteiger partial charge in [-0.05, 0) is 52.7 Å². The molecule has 4 aromatic rings. The summed E-state index contributed by atoms with van der Waals surface area (Å²) in [7, 11) is 1.59. The number of rotatable bonds is 5. The molecule has 0 saturated carbocycles. The SMILES string of the molecule is COc1ccc2c(C)cc3nnc(SCC(=O)Nc4c(F)cc(F)cc4Br)n3c2c1. The monoisotopic (exact) mass is 492 g/mol. The number of carbonyl (C=O) groups excluding carboxylic acids is 1. The third kappa shape index (κ3) is 3.84. The van der Waals surface area contributed by atoms with Crippen LogP contribution in [-0.4, -0.2) is 33.4 Å². The number of ether oxygens (including phenoxy) is 1. The lowest BCUT2D eigenvalue weighted by Gasteiger charge is -2.10. The van der Waals surface area contributed by atoms with Gasteiger partial charge in [0.05, 0.1) is 24.1 Å². The van der Waals surface area contributed by atoms with E-state index in [9.17, 15) is 13.6 Å². The van der Waals surface area contributed by atoms with Crippen LogP contribution in [0.5, 0.6) is 5.75 Å². The summed E-state index contributed by atoms with van der Waals surface area (Å²) >= 11 is 4.21. The number of nitrogens with zero attached hydrogens (tertiary/aromatic N) is 3. The average molecular weight is 493 g/mol. The molecule has 0 saturated heterocycles. The number of nitrogens with one attached hydrogen (secondary N) is 1. The maximum absolute atomic E-state index is 13.9. The van der Waals surface area contributed by atoms with E-state index in [1.54, 1.807) is 7.11 Å². The lowest BCUT2D eigenvalue weighted by molar-refractivity contribution is -0.113. The lowest BCUT2D eigenvalue weighted by Crippen LogP contribution is -2.16. The number of carbonyl (C=O) groups is 1. The van der Waals surface area contributed by atoms with Gasteiger partial charge < -0.3 is 10.1 Å². The first-order valence-corrected chi connectivity index (χ1v) is 10.5. The number of fused-ring (bicyclic) bond motifs is 3. The molecule has 0 bridgehead atoms. The van der Waals surface area contributed by atoms with Crippen LogP contribution in [0.15, 0.2) is 46.0 Å². The molecule has 0 atom stereocenters. The number of thioether (sulfide) groups is 1. The molecule has 4 rings (SSSR count). The van der Waals surface area contributed by atoms with Gasteiger partial charge in [-0.15, -0.1) is 10.2 Å². The van der Waals surface area contributed by atoms with Crippen LogP contribution in [0.4, 0.5) is 14.5 Å². The van der Waals surface area contributed by atoms with E-state index in [-0.39, 0.29) is 15.9 Å². The van der Waals surface area contributed by atoms with Crippen molar-refractivity contribution in [3.63, 3.8) is 0 Å². The predicted octanol–water partition coefficient (Wildman–Crippen LogP) is 4.97. The molecule has 1 amide bonds. The van der Waals surface area contributed by atoms with Crippen LogP contribution in [0.25, 0.3) is 16.6 Å². The Morgan fingerprint density at radius 2 is 2.03 bits per heavy atom. The van der Waals surface area contributed by atoms with Gasteiger partial charge in [-0.2, -0.15) is 0 Å². The second kappa shape index (κ2) is 8.19. The first kappa shape index (κ1) is 20.5. The topological polar surface area (TPSA) is 68.5 Å². The minimum Gasteiger partial charge on any atom is -0.497 e. The highest BCUT2D eigenvalue weighted by molar-refractivity contribution is 9.10. The molecule has 6 nitrogen and oxygen atoms in total. The third-order valence-electron chi connectivity index (χ3n) is 4.48. The summed E-state index contributed by atoms with van der Waals surface area (Å²) in [6, 6.07) is 9.42. The molecule has 0 radical (unpaired) electrons. The zero-order chi connectivity index (χ0) is 21.4. The number of aryl methyl sites for hydroxylation is 1. The number of anilines is 1. The van der Waals surface area contributed by atoms with Gasteiger partial charge in [-0.1, -0.05) is 11.8 Å². The van der Waals surface area contributed by atoms with Crippen molar-refractivity contribution in [1.82, 2.24) is 14.6 Å². The highest BCUT2D eigenvalue weighted by Gasteiger charge is 2.16. The van der Waals surface area contributed by atoms with E-state index in [4.69, 9.17) is 4.74 Å². The van der Waals surface area contributed by atoms with Gasteiger partial charge in [-0.3, -0.25) is 9.20 Å². The summed E-state index contributed by atoms with van der Waals surface area (Å²) in [5.41, 5.74) is 2.42. The van der Waals surface area contributed by atoms with Crippen LogP contribution in [0, 0.1) is 18.6 Å². The van der Waals surface area contributed by atoms with E-state index in [1.165, 1.54) is 0 Å². The number of amides is 1. The highest BCUT2D eigenvalue weighted by atomic mass is 79.9. The number of hydrogen-bond acceptors (Lipinski definition) is 5. The Labute approximate surface area is 182 Å². The maximum Gasteiger partial charge on any atom is 0.234 e. The summed E-state index contributed by atoms with van der Waals surface area (Å²) in [6.07, 6.45) is 0. The van der Waals surface area contributed by atoms with Crippen LogP contribution in [-0.2, 0) is 4.79 Å². The molecular formula is C20H15BrF2N4O2S. The Balaban J connectivity index is 1.62. The van der Waals surface area contributed by atoms with Crippen LogP contribution in [0.3, 0.4) is 0 Å². The summed E-state index contributed by atoms with van der Waals surface area (Å²) in [4.78, 5) is 12.4. The van der Waals surface area contributed by atoms with Crippen molar-refractivity contribution in [2.45, 2.75) is 12.1 Å². The van der Waals surface area contributed by atoms with Crippen molar-refractivity contribution in [1.29, 1.82) is 0 Å². The molecule has 0 aliphatic carbocycles. The van der Waals surface area contributed by atoms with Gasteiger partial charge in [-0.25, -0.2) is 8.78 Å². The summed E-state index contributed by atoms with van der Waals surface area (Å²) < 4.78 is 34.5. The van der Waals surface area contributed by atoms with Crippen LogP contribution in [0.1, 0.15) is 5.56 Å². The molecule has 0 fully saturated rings. The van der Waals surface area contributed by atoms with Crippen molar-refractivity contribution >= 4 is 55.8 Å². The molecule has 154 valence electrons. The summed E-state index contributed by atoms with van der Waals surface area (Å²) in [5.74, 6) is -1.41. The van der Waals surface area contributed by atoms with Crippen LogP contribution < -0.4 is 10.1 Å². The van der Waals surface area contributed by atoms with E-state index in [2.05, 4.69) is 31.4 Å². The molecule has 2 aromatic carbocycles. The van der Waals surface area contributed by atoms with Gasteiger partial charge in [0.15, 0.2) is 16.6 Å². The van der Waals surface area contributed by atoms with Crippen molar-refractivity contribution in [2.24, 2.45) is 0 Å². The molecule has 30 heavy (non-hydrogen) atoms. The van der Waals surface area contributed by atoms with Gasteiger partial charge >= 0.3 is 0 Å². The van der Waals surface area contributed by atoms with E-state index < -0.39 is 17.5 Å². The first-order chi connectivity index (χ1) is 14.4. The van der Waals surface area contributed by atoms with Gasteiger partial charge in [0, 0.05) is 22.0 Å². The summed E-state index contributed by atoms with van der Waals surface area (Å²) in [5, 5.41) is 12.4. The predicted molar refractivity (Wildman–Crippen MR) is 115 cm³/mol. The van der Waals surface area contributed by atoms with Crippen molar-refractivity contribution in [3.8, 4) is 5.75 Å². The Morgan fingerprint density at radius 3 is 2.77 bits per heavy atom. The molecule has 0 unspecified atom stereocenters. The Kier molecular flexibility index (Phi) is 5.61. The average Bonchev–Trinajstić information content (AvgIpc) is 3.11. The van der Waals surface area contributed by atoms with E-state index >= 15 is 0 Å². The molecule has 0 aliphatic rings. The number of hydrogen-bond donors (Lipinski definition) is 1. The fourth-order valence-corrected chi connectivity index (χ4v) is 4.35. The molecule has 10 heteroatoms. The molecule has 0 spiro atoms. The quantitative estimate of drug-likeness (QED) is 0.398. The minimum atomic E-state index is -0.860. The maximum atomic E-state index is 13.9. The van der Waals surface area contributed by atoms with E-state index in [0.717, 1.165) is 34.3 Å². The second-order valence-electron chi connectivity index (χ2n) is 6.47. The molecule has 1 N–H and O–H groups in total. The van der Waals surface area contributed by atoms with Crippen LogP contribution in [0.2, 0.25) is 0 Å². The van der Waals surface area contributed by atoms with Gasteiger partial charge in [0.1, 0.15) is 11.6 Å². The lowest BCUT2D eigenvalue weighted by atomic mass is 10.1. The Morgan fingerprint density at radius 1 is 1.23 bits per heavy atom. The number of aromatic nitrogens is 3. The summed E-state index contributed by atoms with van der Waals surface area (Å²) in [6.45, 7) is 1.98. The van der Waals surface area contributed by atoms with Gasteiger partial charge in [0.2, 0.25) is 5.91 Å². The van der Waals surface area contributed by atoms with Crippen molar-refractivity contribution in [2.75, 3.05) is 18.2 Å². The van der Waals surface area contributed by atoms with Gasteiger partial charge in [0.25, 0.3) is 0 Å². The highest BCUT2D eigenvalue weighted by Crippen LogP contribution is 2.30. The Bertz CT molecular complexity index is 1270. The van der Waals surface area contributed by atoms with Crippen molar-refractivity contribution in [3.05, 3.63) is 58.1 Å². The standard InChI is InChI=1S/C20H15BrF2N4O2S/c1-10-5-17-25-26-20(27(17)16-8-12(29-2)3-4-13(10)16)30-9-18(28)24-19-14(21)6-11(22)7-15(19)23/h3-8H,9H2,1-2H3,(H,24,28). The zero-order valence-electron chi connectivity index (χ0n) is 15.9. The molecule has 2 heterocycles. The Hall–Kier alpha value is -2.72.